The van der Waals surface area contributed by atoms with Crippen molar-refractivity contribution in [2.45, 2.75) is 25.9 Å². The van der Waals surface area contributed by atoms with Gasteiger partial charge < -0.3 is 41.4 Å². The number of aromatic nitrogens is 4. The maximum absolute atomic E-state index is 13.0. The fourth-order valence-corrected chi connectivity index (χ4v) is 4.92. The van der Waals surface area contributed by atoms with Crippen molar-refractivity contribution in [2.24, 2.45) is 11.5 Å². The first-order chi connectivity index (χ1) is 28.2. The lowest BCUT2D eigenvalue weighted by molar-refractivity contribution is -0.141. The van der Waals surface area contributed by atoms with E-state index in [1.165, 1.54) is 74.7 Å². The van der Waals surface area contributed by atoms with Gasteiger partial charge >= 0.3 is 11.9 Å². The van der Waals surface area contributed by atoms with Crippen molar-refractivity contribution < 1.29 is 47.3 Å². The average molecular weight is 807 g/mol. The van der Waals surface area contributed by atoms with Crippen molar-refractivity contribution in [2.75, 3.05) is 17.7 Å². The first-order valence-corrected chi connectivity index (χ1v) is 17.5. The predicted molar refractivity (Wildman–Crippen MR) is 211 cm³/mol. The van der Waals surface area contributed by atoms with Crippen LogP contribution in [0.4, 0.5) is 20.4 Å². The molecule has 2 aromatic heterocycles. The van der Waals surface area contributed by atoms with Gasteiger partial charge in [-0.25, -0.2) is 33.5 Å². The minimum Gasteiger partial charge on any atom is -0.480 e. The van der Waals surface area contributed by atoms with Crippen LogP contribution >= 0.6 is 0 Å². The van der Waals surface area contributed by atoms with E-state index in [1.807, 2.05) is 0 Å². The number of halogens is 2. The van der Waals surface area contributed by atoms with E-state index in [4.69, 9.17) is 26.0 Å². The molecule has 0 aliphatic heterocycles. The Morgan fingerprint density at radius 2 is 0.915 bits per heavy atom. The molecule has 18 heteroatoms. The second-order valence-corrected chi connectivity index (χ2v) is 12.4. The number of ether oxygens (including phenoxy) is 3. The number of benzene rings is 4. The zero-order valence-electron chi connectivity index (χ0n) is 31.6. The van der Waals surface area contributed by atoms with Gasteiger partial charge in [0.25, 0.3) is 11.8 Å². The number of carboxylic acid groups (broad SMARTS) is 1. The number of carbonyl (C=O) groups excluding carboxylic acids is 3. The number of rotatable bonds is 14. The molecular weight excluding hydrogens is 770 g/mol. The van der Waals surface area contributed by atoms with E-state index in [9.17, 15) is 28.0 Å². The Labute approximate surface area is 335 Å². The third-order valence-electron chi connectivity index (χ3n) is 7.93. The summed E-state index contributed by atoms with van der Waals surface area (Å²) >= 11 is 0. The fraction of sp³-hybridized carbons (Fsp3) is 0.122. The van der Waals surface area contributed by atoms with Crippen LogP contribution in [0.5, 0.6) is 23.0 Å². The Bertz CT molecular complexity index is 2440. The van der Waals surface area contributed by atoms with E-state index in [0.29, 0.717) is 34.1 Å². The maximum Gasteiger partial charge on any atom is 0.328 e. The number of nitrogens with zero attached hydrogens (tertiary/aromatic N) is 4. The number of primary amides is 2. The van der Waals surface area contributed by atoms with Gasteiger partial charge in [-0.05, 0) is 111 Å². The number of methoxy groups -OCH3 is 1. The van der Waals surface area contributed by atoms with Gasteiger partial charge in [-0.3, -0.25) is 14.4 Å². The van der Waals surface area contributed by atoms with E-state index in [2.05, 4.69) is 35.3 Å². The standard InChI is InChI=1S/C21H19FN4O4.C20H17FN4O4/c1-12(21(28)29-2)24-18-11-17(19(23)27)25-20(26-18)13-3-7-15(8-4-13)30-16-9-5-14(22)6-10-16;1-11(20(27)28)23-17-10-16(18(22)26)24-19(25-17)12-2-6-14(7-3-12)29-15-8-4-13(21)5-9-15/h3-12H,1-2H3,(H2,23,27)(H,24,25,26);2-11H,1H3,(H2,22,26)(H,27,28)(H,23,24,25)/t12-;11-/m00/s1. The highest BCUT2D eigenvalue weighted by Crippen LogP contribution is 2.27. The minimum atomic E-state index is -1.08. The van der Waals surface area contributed by atoms with Crippen LogP contribution in [0.3, 0.4) is 0 Å². The number of carboxylic acids is 1. The van der Waals surface area contributed by atoms with Crippen LogP contribution in [-0.2, 0) is 14.3 Å². The molecule has 2 atom stereocenters. The van der Waals surface area contributed by atoms with Crippen molar-refractivity contribution >= 4 is 35.4 Å². The summed E-state index contributed by atoms with van der Waals surface area (Å²) in [6.45, 7) is 3.04. The molecule has 59 heavy (non-hydrogen) atoms. The van der Waals surface area contributed by atoms with Gasteiger partial charge in [-0.2, -0.15) is 0 Å². The van der Waals surface area contributed by atoms with Crippen molar-refractivity contribution in [3.05, 3.63) is 132 Å². The molecular formula is C41H36F2N8O8. The molecule has 0 saturated carbocycles. The molecule has 2 amide bonds. The van der Waals surface area contributed by atoms with Crippen LogP contribution in [0.25, 0.3) is 22.8 Å². The Kier molecular flexibility index (Phi) is 13.7. The molecule has 0 unspecified atom stereocenters. The van der Waals surface area contributed by atoms with Gasteiger partial charge in [-0.15, -0.1) is 0 Å². The molecule has 7 N–H and O–H groups in total. The van der Waals surface area contributed by atoms with E-state index in [0.717, 1.165) is 0 Å². The summed E-state index contributed by atoms with van der Waals surface area (Å²) in [6.07, 6.45) is 0. The molecule has 0 spiro atoms. The zero-order valence-corrected chi connectivity index (χ0v) is 31.6. The van der Waals surface area contributed by atoms with E-state index in [1.54, 1.807) is 55.5 Å². The first-order valence-electron chi connectivity index (χ1n) is 17.5. The number of hydrogen-bond acceptors (Lipinski definition) is 13. The Balaban J connectivity index is 0.000000224. The summed E-state index contributed by atoms with van der Waals surface area (Å²) in [6, 6.07) is 25.7. The van der Waals surface area contributed by atoms with Crippen LogP contribution in [-0.4, -0.2) is 68.0 Å². The van der Waals surface area contributed by atoms with Crippen LogP contribution < -0.4 is 31.6 Å². The number of carbonyl (C=O) groups is 4. The lowest BCUT2D eigenvalue weighted by atomic mass is 10.2. The smallest absolute Gasteiger partial charge is 0.328 e. The zero-order chi connectivity index (χ0) is 42.6. The second-order valence-electron chi connectivity index (χ2n) is 12.4. The molecule has 0 bridgehead atoms. The lowest BCUT2D eigenvalue weighted by Gasteiger charge is -2.13. The number of hydrogen-bond donors (Lipinski definition) is 5. The summed E-state index contributed by atoms with van der Waals surface area (Å²) in [5, 5.41) is 14.6. The van der Waals surface area contributed by atoms with E-state index >= 15 is 0 Å². The van der Waals surface area contributed by atoms with Gasteiger partial charge in [-0.1, -0.05) is 0 Å². The maximum atomic E-state index is 13.0. The molecule has 16 nitrogen and oxygen atoms in total. The molecule has 302 valence electrons. The van der Waals surface area contributed by atoms with Crippen LogP contribution in [0.2, 0.25) is 0 Å². The number of nitrogens with two attached hydrogens (primary N) is 2. The third kappa shape index (κ3) is 12.0. The normalized spacial score (nSPS) is 11.5. The highest BCUT2D eigenvalue weighted by molar-refractivity contribution is 5.93. The van der Waals surface area contributed by atoms with Crippen LogP contribution in [0.15, 0.2) is 109 Å². The summed E-state index contributed by atoms with van der Waals surface area (Å²) in [5.41, 5.74) is 11.8. The van der Waals surface area contributed by atoms with Crippen molar-refractivity contribution in [1.82, 2.24) is 19.9 Å². The minimum absolute atomic E-state index is 0.00814. The van der Waals surface area contributed by atoms with Gasteiger partial charge in [0.1, 0.15) is 69.7 Å². The molecule has 6 rings (SSSR count). The summed E-state index contributed by atoms with van der Waals surface area (Å²) in [7, 11) is 1.27. The van der Waals surface area contributed by atoms with E-state index in [-0.39, 0.29) is 46.3 Å². The number of amides is 2. The number of nitrogens with one attached hydrogen (secondary N) is 2. The SMILES string of the molecule is COC(=O)[C@H](C)Nc1cc(C(N)=O)nc(-c2ccc(Oc3ccc(F)cc3)cc2)n1.C[C@H](Nc1cc(C(N)=O)nc(-c2ccc(Oc3ccc(F)cc3)cc2)n1)C(=O)O. The fourth-order valence-electron chi connectivity index (χ4n) is 4.92. The lowest BCUT2D eigenvalue weighted by Crippen LogP contribution is -2.28. The van der Waals surface area contributed by atoms with Crippen molar-refractivity contribution in [3.8, 4) is 45.8 Å². The van der Waals surface area contributed by atoms with Gasteiger partial charge in [0.05, 0.1) is 7.11 Å². The number of anilines is 2. The average Bonchev–Trinajstić information content (AvgIpc) is 3.22. The first kappa shape index (κ1) is 42.1. The monoisotopic (exact) mass is 806 g/mol. The summed E-state index contributed by atoms with van der Waals surface area (Å²) in [5.74, 6) is -0.961. The van der Waals surface area contributed by atoms with Gasteiger partial charge in [0.2, 0.25) is 0 Å². The molecule has 0 radical (unpaired) electrons. The number of aliphatic carboxylic acids is 1. The van der Waals surface area contributed by atoms with Crippen molar-refractivity contribution in [3.63, 3.8) is 0 Å². The summed E-state index contributed by atoms with van der Waals surface area (Å²) < 4.78 is 41.9. The molecule has 6 aromatic rings. The molecule has 0 aliphatic carbocycles. The third-order valence-corrected chi connectivity index (χ3v) is 7.93. The topological polar surface area (TPSA) is 244 Å². The van der Waals surface area contributed by atoms with Crippen LogP contribution in [0, 0.1) is 11.6 Å². The van der Waals surface area contributed by atoms with Gasteiger partial charge in [0, 0.05) is 23.3 Å². The second kappa shape index (κ2) is 19.2. The van der Waals surface area contributed by atoms with Crippen LogP contribution in [0.1, 0.15) is 34.8 Å². The summed E-state index contributed by atoms with van der Waals surface area (Å²) in [4.78, 5) is 62.8. The predicted octanol–water partition coefficient (Wildman–Crippen LogP) is 6.21. The molecule has 4 aromatic carbocycles. The largest absolute Gasteiger partial charge is 0.480 e. The Morgan fingerprint density at radius 3 is 1.24 bits per heavy atom. The molecule has 0 saturated heterocycles. The Morgan fingerprint density at radius 1 is 0.576 bits per heavy atom. The highest BCUT2D eigenvalue weighted by Gasteiger charge is 2.18. The van der Waals surface area contributed by atoms with Gasteiger partial charge in [0.15, 0.2) is 11.6 Å². The van der Waals surface area contributed by atoms with Crippen molar-refractivity contribution in [1.29, 1.82) is 0 Å². The highest BCUT2D eigenvalue weighted by atomic mass is 19.1. The quantitative estimate of drug-likeness (QED) is 0.0769. The number of esters is 1. The Hall–Kier alpha value is -8.02. The molecule has 2 heterocycles. The molecule has 0 aliphatic rings. The molecule has 0 fully saturated rings. The van der Waals surface area contributed by atoms with E-state index < -0.39 is 35.8 Å².